The van der Waals surface area contributed by atoms with Crippen molar-refractivity contribution in [3.8, 4) is 0 Å². The summed E-state index contributed by atoms with van der Waals surface area (Å²) in [6.07, 6.45) is 0. The predicted octanol–water partition coefficient (Wildman–Crippen LogP) is 0.857. The normalized spacial score (nSPS) is 11.5. The first-order valence-corrected chi connectivity index (χ1v) is 3.25. The van der Waals surface area contributed by atoms with Crippen molar-refractivity contribution in [1.82, 2.24) is 0 Å². The van der Waals surface area contributed by atoms with Gasteiger partial charge in [-0.2, -0.15) is 0 Å². The first kappa shape index (κ1) is 7.75. The number of aliphatic hydroxyl groups is 1. The molecule has 0 bridgehead atoms. The van der Waals surface area contributed by atoms with Crippen LogP contribution in [0.4, 0.5) is 0 Å². The third kappa shape index (κ3) is 1.78. The van der Waals surface area contributed by atoms with Crippen LogP contribution in [0.1, 0.15) is 5.56 Å². The molecule has 0 radical (unpaired) electrons. The van der Waals surface area contributed by atoms with Crippen LogP contribution in [0.3, 0.4) is 0 Å². The summed E-state index contributed by atoms with van der Waals surface area (Å²) in [6.45, 7) is -0.249. The molecule has 11 heavy (non-hydrogen) atoms. The number of hydrogen-bond donors (Lipinski definition) is 2. The van der Waals surface area contributed by atoms with Gasteiger partial charge in [-0.05, 0) is 0 Å². The standard InChI is InChI=1S/C8H9NO2/c10-6-8(9-11)7-4-2-1-3-5-7/h1-5,10-11H,6H2/b9-8-. The largest absolute Gasteiger partial charge is 0.411 e. The van der Waals surface area contributed by atoms with Gasteiger partial charge in [0.25, 0.3) is 0 Å². The van der Waals surface area contributed by atoms with E-state index in [1.165, 1.54) is 0 Å². The molecule has 58 valence electrons. The third-order valence-corrected chi connectivity index (χ3v) is 1.38. The molecule has 0 aliphatic heterocycles. The fourth-order valence-electron chi connectivity index (χ4n) is 0.811. The van der Waals surface area contributed by atoms with Gasteiger partial charge in [0.1, 0.15) is 5.71 Å². The Labute approximate surface area is 64.6 Å². The van der Waals surface area contributed by atoms with E-state index in [9.17, 15) is 0 Å². The lowest BCUT2D eigenvalue weighted by molar-refractivity contribution is 0.304. The summed E-state index contributed by atoms with van der Waals surface area (Å²) >= 11 is 0. The molecule has 0 saturated heterocycles. The summed E-state index contributed by atoms with van der Waals surface area (Å²) in [5.41, 5.74) is 1.02. The fraction of sp³-hybridized carbons (Fsp3) is 0.125. The molecule has 0 atom stereocenters. The minimum absolute atomic E-state index is 0.249. The number of benzene rings is 1. The highest BCUT2D eigenvalue weighted by Crippen LogP contribution is 1.99. The highest BCUT2D eigenvalue weighted by atomic mass is 16.4. The van der Waals surface area contributed by atoms with E-state index in [2.05, 4.69) is 5.16 Å². The van der Waals surface area contributed by atoms with Crippen LogP contribution in [0.15, 0.2) is 35.5 Å². The Morgan fingerprint density at radius 2 is 1.91 bits per heavy atom. The molecule has 0 unspecified atom stereocenters. The molecule has 0 aliphatic rings. The molecule has 1 rings (SSSR count). The van der Waals surface area contributed by atoms with Crippen molar-refractivity contribution >= 4 is 5.71 Å². The Hall–Kier alpha value is -1.35. The van der Waals surface area contributed by atoms with Gasteiger partial charge >= 0.3 is 0 Å². The molecule has 1 aromatic rings. The van der Waals surface area contributed by atoms with E-state index < -0.39 is 0 Å². The predicted molar refractivity (Wildman–Crippen MR) is 41.9 cm³/mol. The van der Waals surface area contributed by atoms with E-state index in [-0.39, 0.29) is 12.3 Å². The van der Waals surface area contributed by atoms with E-state index in [1.807, 2.05) is 18.2 Å². The van der Waals surface area contributed by atoms with Crippen LogP contribution in [0, 0.1) is 0 Å². The minimum atomic E-state index is -0.249. The molecule has 0 fully saturated rings. The van der Waals surface area contributed by atoms with Gasteiger partial charge in [0, 0.05) is 5.56 Å². The molecular weight excluding hydrogens is 142 g/mol. The lowest BCUT2D eigenvalue weighted by atomic mass is 10.1. The van der Waals surface area contributed by atoms with Crippen molar-refractivity contribution in [2.45, 2.75) is 0 Å². The number of oxime groups is 1. The van der Waals surface area contributed by atoms with Gasteiger partial charge in [-0.1, -0.05) is 35.5 Å². The average molecular weight is 151 g/mol. The van der Waals surface area contributed by atoms with Gasteiger partial charge in [-0.3, -0.25) is 0 Å². The second-order valence-corrected chi connectivity index (χ2v) is 2.07. The van der Waals surface area contributed by atoms with Crippen molar-refractivity contribution < 1.29 is 10.3 Å². The van der Waals surface area contributed by atoms with Crippen LogP contribution in [0.25, 0.3) is 0 Å². The van der Waals surface area contributed by atoms with Gasteiger partial charge < -0.3 is 10.3 Å². The minimum Gasteiger partial charge on any atom is -0.411 e. The highest BCUT2D eigenvalue weighted by Gasteiger charge is 1.99. The van der Waals surface area contributed by atoms with Crippen LogP contribution in [0.5, 0.6) is 0 Å². The maximum absolute atomic E-state index is 8.69. The van der Waals surface area contributed by atoms with Crippen molar-refractivity contribution in [3.63, 3.8) is 0 Å². The summed E-state index contributed by atoms with van der Waals surface area (Å²) in [4.78, 5) is 0. The Bertz CT molecular complexity index is 244. The zero-order valence-electron chi connectivity index (χ0n) is 5.94. The third-order valence-electron chi connectivity index (χ3n) is 1.38. The smallest absolute Gasteiger partial charge is 0.112 e. The van der Waals surface area contributed by atoms with Crippen LogP contribution in [0.2, 0.25) is 0 Å². The zero-order chi connectivity index (χ0) is 8.10. The molecule has 1 aromatic carbocycles. The fourth-order valence-corrected chi connectivity index (χ4v) is 0.811. The van der Waals surface area contributed by atoms with Crippen molar-refractivity contribution in [1.29, 1.82) is 0 Å². The molecule has 0 heterocycles. The molecular formula is C8H9NO2. The first-order chi connectivity index (χ1) is 5.38. The van der Waals surface area contributed by atoms with Crippen LogP contribution in [-0.4, -0.2) is 22.6 Å². The first-order valence-electron chi connectivity index (χ1n) is 3.25. The Balaban J connectivity index is 2.92. The van der Waals surface area contributed by atoms with Crippen LogP contribution < -0.4 is 0 Å². The van der Waals surface area contributed by atoms with Gasteiger partial charge in [0.2, 0.25) is 0 Å². The Morgan fingerprint density at radius 1 is 1.27 bits per heavy atom. The summed E-state index contributed by atoms with van der Waals surface area (Å²) in [5.74, 6) is 0. The quantitative estimate of drug-likeness (QED) is 0.374. The van der Waals surface area contributed by atoms with Gasteiger partial charge in [-0.15, -0.1) is 0 Å². The molecule has 0 aliphatic carbocycles. The number of rotatable bonds is 2. The molecule has 3 heteroatoms. The average Bonchev–Trinajstić information content (AvgIpc) is 2.09. The molecule has 0 saturated carbocycles. The van der Waals surface area contributed by atoms with Crippen molar-refractivity contribution in [2.24, 2.45) is 5.16 Å². The maximum Gasteiger partial charge on any atom is 0.112 e. The molecule has 0 amide bonds. The van der Waals surface area contributed by atoms with E-state index in [1.54, 1.807) is 12.1 Å². The summed E-state index contributed by atoms with van der Waals surface area (Å²) in [7, 11) is 0. The van der Waals surface area contributed by atoms with Crippen LogP contribution >= 0.6 is 0 Å². The van der Waals surface area contributed by atoms with Crippen molar-refractivity contribution in [3.05, 3.63) is 35.9 Å². The van der Waals surface area contributed by atoms with Crippen LogP contribution in [-0.2, 0) is 0 Å². The van der Waals surface area contributed by atoms with E-state index >= 15 is 0 Å². The zero-order valence-corrected chi connectivity index (χ0v) is 5.94. The van der Waals surface area contributed by atoms with Crippen molar-refractivity contribution in [2.75, 3.05) is 6.61 Å². The molecule has 2 N–H and O–H groups in total. The number of nitrogens with zero attached hydrogens (tertiary/aromatic N) is 1. The summed E-state index contributed by atoms with van der Waals surface area (Å²) < 4.78 is 0. The van der Waals surface area contributed by atoms with E-state index in [0.717, 1.165) is 5.56 Å². The second-order valence-electron chi connectivity index (χ2n) is 2.07. The lowest BCUT2D eigenvalue weighted by Crippen LogP contribution is -2.05. The molecule has 0 spiro atoms. The number of aliphatic hydroxyl groups excluding tert-OH is 1. The second kappa shape index (κ2) is 3.73. The Morgan fingerprint density at radius 3 is 2.36 bits per heavy atom. The van der Waals surface area contributed by atoms with E-state index in [0.29, 0.717) is 0 Å². The summed E-state index contributed by atoms with van der Waals surface area (Å²) in [5, 5.41) is 20.0. The van der Waals surface area contributed by atoms with Gasteiger partial charge in [0.05, 0.1) is 6.61 Å². The monoisotopic (exact) mass is 151 g/mol. The van der Waals surface area contributed by atoms with E-state index in [4.69, 9.17) is 10.3 Å². The van der Waals surface area contributed by atoms with Gasteiger partial charge in [0.15, 0.2) is 0 Å². The number of hydrogen-bond acceptors (Lipinski definition) is 3. The molecule has 3 nitrogen and oxygen atoms in total. The maximum atomic E-state index is 8.69. The highest BCUT2D eigenvalue weighted by molar-refractivity contribution is 6.00. The topological polar surface area (TPSA) is 52.8 Å². The SMILES string of the molecule is OC/C(=N/O)c1ccccc1. The molecule has 0 aromatic heterocycles. The summed E-state index contributed by atoms with van der Waals surface area (Å²) in [6, 6.07) is 9.03. The lowest BCUT2D eigenvalue weighted by Gasteiger charge is -1.98. The van der Waals surface area contributed by atoms with Gasteiger partial charge in [-0.25, -0.2) is 0 Å². The Kier molecular flexibility index (Phi) is 2.63.